The molecule has 6 heteroatoms. The van der Waals surface area contributed by atoms with E-state index in [2.05, 4.69) is 4.98 Å². The van der Waals surface area contributed by atoms with E-state index in [4.69, 9.17) is 0 Å². The summed E-state index contributed by atoms with van der Waals surface area (Å²) in [7, 11) is 0. The second-order valence-corrected chi connectivity index (χ2v) is 5.17. The molecule has 1 amide bonds. The molecule has 0 N–H and O–H groups in total. The Hall–Kier alpha value is -1.59. The number of hydrogen-bond donors (Lipinski definition) is 0. The molecule has 110 valence electrons. The Morgan fingerprint density at radius 1 is 1.35 bits per heavy atom. The number of rotatable bonds is 1. The normalized spacial score (nSPS) is 20.1. The number of nitrogens with zero attached hydrogens (tertiary/aromatic N) is 2. The highest BCUT2D eigenvalue weighted by Gasteiger charge is 2.33. The predicted octanol–water partition coefficient (Wildman–Crippen LogP) is 3.42. The molecule has 1 aliphatic rings. The van der Waals surface area contributed by atoms with E-state index >= 15 is 0 Å². The zero-order valence-electron chi connectivity index (χ0n) is 11.5. The molecule has 0 bridgehead atoms. The number of piperidine rings is 1. The van der Waals surface area contributed by atoms with Crippen LogP contribution in [0.25, 0.3) is 0 Å². The molecule has 1 atom stereocenters. The highest BCUT2D eigenvalue weighted by molar-refractivity contribution is 5.95. The summed E-state index contributed by atoms with van der Waals surface area (Å²) in [6.07, 6.45) is -1.54. The van der Waals surface area contributed by atoms with Crippen molar-refractivity contribution in [3.05, 3.63) is 29.1 Å². The van der Waals surface area contributed by atoms with Crippen LogP contribution >= 0.6 is 0 Å². The number of hydrogen-bond acceptors (Lipinski definition) is 2. The van der Waals surface area contributed by atoms with Gasteiger partial charge in [-0.15, -0.1) is 0 Å². The topological polar surface area (TPSA) is 33.2 Å². The van der Waals surface area contributed by atoms with Crippen LogP contribution in [-0.4, -0.2) is 28.4 Å². The molecule has 1 aromatic rings. The summed E-state index contributed by atoms with van der Waals surface area (Å²) in [6, 6.07) is 2.22. The lowest BCUT2D eigenvalue weighted by Gasteiger charge is -2.33. The van der Waals surface area contributed by atoms with Gasteiger partial charge in [0, 0.05) is 12.6 Å². The van der Waals surface area contributed by atoms with Crippen molar-refractivity contribution in [1.82, 2.24) is 9.88 Å². The molecule has 1 unspecified atom stereocenters. The quantitative estimate of drug-likeness (QED) is 0.792. The van der Waals surface area contributed by atoms with Gasteiger partial charge in [-0.25, -0.2) is 4.98 Å². The lowest BCUT2D eigenvalue weighted by molar-refractivity contribution is -0.141. The van der Waals surface area contributed by atoms with E-state index < -0.39 is 11.9 Å². The molecule has 0 radical (unpaired) electrons. The minimum Gasteiger partial charge on any atom is -0.336 e. The SMILES string of the molecule is Cc1nc(C(F)(F)F)ccc1C(=O)N1CCCCC1C. The number of carbonyl (C=O) groups is 1. The summed E-state index contributed by atoms with van der Waals surface area (Å²) in [5, 5.41) is 0. The van der Waals surface area contributed by atoms with Crippen molar-refractivity contribution < 1.29 is 18.0 Å². The molecule has 0 aliphatic carbocycles. The Balaban J connectivity index is 2.26. The maximum Gasteiger partial charge on any atom is 0.433 e. The maximum atomic E-state index is 12.6. The molecule has 0 spiro atoms. The van der Waals surface area contributed by atoms with Gasteiger partial charge < -0.3 is 4.90 Å². The number of aryl methyl sites for hydroxylation is 1. The van der Waals surface area contributed by atoms with Gasteiger partial charge in [-0.3, -0.25) is 4.79 Å². The number of amides is 1. The van der Waals surface area contributed by atoms with Crippen LogP contribution in [0.5, 0.6) is 0 Å². The lowest BCUT2D eigenvalue weighted by atomic mass is 10.0. The van der Waals surface area contributed by atoms with Crippen molar-refractivity contribution in [2.45, 2.75) is 45.3 Å². The van der Waals surface area contributed by atoms with Gasteiger partial charge in [-0.1, -0.05) is 0 Å². The van der Waals surface area contributed by atoms with Crippen LogP contribution in [0.1, 0.15) is 47.9 Å². The first kappa shape index (κ1) is 14.8. The van der Waals surface area contributed by atoms with Crippen LogP contribution in [0.2, 0.25) is 0 Å². The molecular formula is C14H17F3N2O. The van der Waals surface area contributed by atoms with Gasteiger partial charge >= 0.3 is 6.18 Å². The summed E-state index contributed by atoms with van der Waals surface area (Å²) in [5.74, 6) is -0.226. The van der Waals surface area contributed by atoms with Crippen molar-refractivity contribution >= 4 is 5.91 Å². The van der Waals surface area contributed by atoms with Gasteiger partial charge in [0.2, 0.25) is 0 Å². The number of alkyl halides is 3. The van der Waals surface area contributed by atoms with Crippen molar-refractivity contribution in [1.29, 1.82) is 0 Å². The van der Waals surface area contributed by atoms with E-state index in [1.165, 1.54) is 13.0 Å². The molecule has 1 fully saturated rings. The average Bonchev–Trinajstić information content (AvgIpc) is 2.37. The molecule has 1 aromatic heterocycles. The molecule has 20 heavy (non-hydrogen) atoms. The Morgan fingerprint density at radius 3 is 2.60 bits per heavy atom. The Morgan fingerprint density at radius 2 is 2.05 bits per heavy atom. The van der Waals surface area contributed by atoms with Crippen LogP contribution in [0.3, 0.4) is 0 Å². The van der Waals surface area contributed by atoms with E-state index in [1.54, 1.807) is 4.90 Å². The largest absolute Gasteiger partial charge is 0.433 e. The Kier molecular flexibility index (Phi) is 4.01. The van der Waals surface area contributed by atoms with Crippen LogP contribution in [0.4, 0.5) is 13.2 Å². The second kappa shape index (κ2) is 5.42. The lowest BCUT2D eigenvalue weighted by Crippen LogP contribution is -2.42. The molecule has 3 nitrogen and oxygen atoms in total. The summed E-state index contributed by atoms with van der Waals surface area (Å²) < 4.78 is 37.7. The fourth-order valence-electron chi connectivity index (χ4n) is 2.50. The fraction of sp³-hybridized carbons (Fsp3) is 0.571. The van der Waals surface area contributed by atoms with Gasteiger partial charge in [0.25, 0.3) is 5.91 Å². The minimum atomic E-state index is -4.48. The van der Waals surface area contributed by atoms with Gasteiger partial charge in [0.1, 0.15) is 5.69 Å². The standard InChI is InChI=1S/C14H17F3N2O/c1-9-5-3-4-8-19(9)13(20)11-6-7-12(14(15,16)17)18-10(11)2/h6-7,9H,3-5,8H2,1-2H3. The summed E-state index contributed by atoms with van der Waals surface area (Å²) in [6.45, 7) is 4.06. The number of halogens is 3. The van der Waals surface area contributed by atoms with Crippen molar-refractivity contribution in [3.63, 3.8) is 0 Å². The third kappa shape index (κ3) is 2.94. The monoisotopic (exact) mass is 286 g/mol. The molecule has 0 saturated carbocycles. The fourth-order valence-corrected chi connectivity index (χ4v) is 2.50. The van der Waals surface area contributed by atoms with Gasteiger partial charge in [-0.2, -0.15) is 13.2 Å². The first-order valence-electron chi connectivity index (χ1n) is 6.66. The third-order valence-electron chi connectivity index (χ3n) is 3.67. The first-order valence-corrected chi connectivity index (χ1v) is 6.66. The van der Waals surface area contributed by atoms with Crippen LogP contribution in [0, 0.1) is 6.92 Å². The highest BCUT2D eigenvalue weighted by atomic mass is 19.4. The van der Waals surface area contributed by atoms with E-state index in [-0.39, 0.29) is 23.2 Å². The average molecular weight is 286 g/mol. The maximum absolute atomic E-state index is 12.6. The molecule has 0 aromatic carbocycles. The van der Waals surface area contributed by atoms with Crippen molar-refractivity contribution in [3.8, 4) is 0 Å². The first-order chi connectivity index (χ1) is 9.30. The van der Waals surface area contributed by atoms with Crippen molar-refractivity contribution in [2.75, 3.05) is 6.54 Å². The number of carbonyl (C=O) groups excluding carboxylic acids is 1. The molecule has 2 heterocycles. The molecular weight excluding hydrogens is 269 g/mol. The second-order valence-electron chi connectivity index (χ2n) is 5.17. The summed E-state index contributed by atoms with van der Waals surface area (Å²) in [5.41, 5.74) is -0.576. The van der Waals surface area contributed by atoms with Crippen LogP contribution in [-0.2, 0) is 6.18 Å². The Bertz CT molecular complexity index is 514. The van der Waals surface area contributed by atoms with Gasteiger partial charge in [-0.05, 0) is 45.2 Å². The van der Waals surface area contributed by atoms with E-state index in [9.17, 15) is 18.0 Å². The zero-order chi connectivity index (χ0) is 14.9. The predicted molar refractivity (Wildman–Crippen MR) is 68.3 cm³/mol. The van der Waals surface area contributed by atoms with E-state index in [0.717, 1.165) is 25.3 Å². The molecule has 1 aliphatic heterocycles. The molecule has 1 saturated heterocycles. The van der Waals surface area contributed by atoms with Crippen molar-refractivity contribution in [2.24, 2.45) is 0 Å². The molecule has 2 rings (SSSR count). The van der Waals surface area contributed by atoms with Crippen LogP contribution < -0.4 is 0 Å². The minimum absolute atomic E-state index is 0.123. The van der Waals surface area contributed by atoms with Gasteiger partial charge in [0.15, 0.2) is 0 Å². The van der Waals surface area contributed by atoms with E-state index in [0.29, 0.717) is 6.54 Å². The smallest absolute Gasteiger partial charge is 0.336 e. The third-order valence-corrected chi connectivity index (χ3v) is 3.67. The number of pyridine rings is 1. The van der Waals surface area contributed by atoms with Gasteiger partial charge in [0.05, 0.1) is 11.3 Å². The van der Waals surface area contributed by atoms with E-state index in [1.807, 2.05) is 6.92 Å². The number of likely N-dealkylation sites (tertiary alicyclic amines) is 1. The summed E-state index contributed by atoms with van der Waals surface area (Å²) in [4.78, 5) is 17.6. The Labute approximate surface area is 115 Å². The zero-order valence-corrected chi connectivity index (χ0v) is 11.5. The van der Waals surface area contributed by atoms with Crippen LogP contribution in [0.15, 0.2) is 12.1 Å². The highest BCUT2D eigenvalue weighted by Crippen LogP contribution is 2.29. The number of aromatic nitrogens is 1. The summed E-state index contributed by atoms with van der Waals surface area (Å²) >= 11 is 0.